The summed E-state index contributed by atoms with van der Waals surface area (Å²) >= 11 is 1.59. The van der Waals surface area contributed by atoms with E-state index in [4.69, 9.17) is 0 Å². The smallest absolute Gasteiger partial charge is 0.160 e. The normalized spacial score (nSPS) is 10.0. The minimum atomic E-state index is 0.853. The molecule has 1 rings (SSSR count). The first-order valence-electron chi connectivity index (χ1n) is 3.82. The topological polar surface area (TPSA) is 17.1 Å². The van der Waals surface area contributed by atoms with Gasteiger partial charge in [-0.2, -0.15) is 0 Å². The monoisotopic (exact) mass is 168 g/mol. The van der Waals surface area contributed by atoms with Crippen LogP contribution < -0.4 is 0 Å². The van der Waals surface area contributed by atoms with Gasteiger partial charge in [-0.05, 0) is 25.0 Å². The highest BCUT2D eigenvalue weighted by Crippen LogP contribution is 2.20. The number of hydrogen-bond donors (Lipinski definition) is 0. The molecule has 1 nitrogen and oxygen atoms in total. The van der Waals surface area contributed by atoms with Gasteiger partial charge in [-0.25, -0.2) is 0 Å². The lowest BCUT2D eigenvalue weighted by atomic mass is 10.1. The third-order valence-corrected chi connectivity index (χ3v) is 2.69. The van der Waals surface area contributed by atoms with Crippen molar-refractivity contribution in [3.05, 3.63) is 21.4 Å². The molecule has 0 bridgehead atoms. The van der Waals surface area contributed by atoms with Crippen LogP contribution in [0.5, 0.6) is 0 Å². The quantitative estimate of drug-likeness (QED) is 0.634. The van der Waals surface area contributed by atoms with Crippen LogP contribution in [-0.2, 0) is 6.42 Å². The van der Waals surface area contributed by atoms with Crippen molar-refractivity contribution < 1.29 is 4.79 Å². The van der Waals surface area contributed by atoms with Gasteiger partial charge in [0.05, 0.1) is 4.88 Å². The first-order chi connectivity index (χ1) is 5.27. The Morgan fingerprint density at radius 2 is 2.36 bits per heavy atom. The van der Waals surface area contributed by atoms with Crippen LogP contribution in [0.3, 0.4) is 0 Å². The van der Waals surface area contributed by atoms with E-state index >= 15 is 0 Å². The predicted molar refractivity (Wildman–Crippen MR) is 48.4 cm³/mol. The van der Waals surface area contributed by atoms with E-state index < -0.39 is 0 Å². The van der Waals surface area contributed by atoms with Gasteiger partial charge in [-0.15, -0.1) is 11.3 Å². The highest BCUT2D eigenvalue weighted by atomic mass is 32.1. The fraction of sp³-hybridized carbons (Fsp3) is 0.444. The average molecular weight is 168 g/mol. The summed E-state index contributed by atoms with van der Waals surface area (Å²) in [6.07, 6.45) is 3.17. The molecule has 0 saturated carbocycles. The van der Waals surface area contributed by atoms with E-state index in [0.717, 1.165) is 24.0 Å². The van der Waals surface area contributed by atoms with Crippen molar-refractivity contribution >= 4 is 17.6 Å². The first kappa shape index (κ1) is 8.47. The molecule has 2 heteroatoms. The van der Waals surface area contributed by atoms with Crippen LogP contribution in [0.25, 0.3) is 0 Å². The van der Waals surface area contributed by atoms with Gasteiger partial charge in [-0.1, -0.05) is 13.3 Å². The van der Waals surface area contributed by atoms with E-state index in [1.165, 1.54) is 10.4 Å². The fourth-order valence-electron chi connectivity index (χ4n) is 1.12. The molecular formula is C9H12OS. The third-order valence-electron chi connectivity index (χ3n) is 1.68. The first-order valence-corrected chi connectivity index (χ1v) is 4.64. The van der Waals surface area contributed by atoms with E-state index in [2.05, 4.69) is 13.8 Å². The van der Waals surface area contributed by atoms with E-state index in [1.54, 1.807) is 11.3 Å². The minimum absolute atomic E-state index is 0.853. The van der Waals surface area contributed by atoms with Gasteiger partial charge in [0.25, 0.3) is 0 Å². The van der Waals surface area contributed by atoms with Crippen LogP contribution in [-0.4, -0.2) is 6.29 Å². The summed E-state index contributed by atoms with van der Waals surface area (Å²) in [5, 5.41) is 0. The highest BCUT2D eigenvalue weighted by Gasteiger charge is 2.02. The molecule has 0 radical (unpaired) electrons. The number of carbonyl (C=O) groups is 1. The van der Waals surface area contributed by atoms with Crippen molar-refractivity contribution in [1.82, 2.24) is 0 Å². The number of carbonyl (C=O) groups excluding carboxylic acids is 1. The van der Waals surface area contributed by atoms with Crippen molar-refractivity contribution in [3.63, 3.8) is 0 Å². The molecule has 0 atom stereocenters. The van der Waals surface area contributed by atoms with E-state index in [-0.39, 0.29) is 0 Å². The zero-order chi connectivity index (χ0) is 8.27. The number of thiophene rings is 1. The van der Waals surface area contributed by atoms with Crippen molar-refractivity contribution in [2.45, 2.75) is 26.7 Å². The van der Waals surface area contributed by atoms with E-state index in [1.807, 2.05) is 6.07 Å². The molecule has 0 spiro atoms. The van der Waals surface area contributed by atoms with Crippen LogP contribution in [0.1, 0.15) is 33.5 Å². The molecule has 60 valence electrons. The SMILES string of the molecule is CCCc1cc(C=O)sc1C. The molecule has 0 amide bonds. The molecule has 1 aromatic heterocycles. The average Bonchev–Trinajstić information content (AvgIpc) is 2.33. The molecule has 11 heavy (non-hydrogen) atoms. The minimum Gasteiger partial charge on any atom is -0.297 e. The second kappa shape index (κ2) is 3.67. The summed E-state index contributed by atoms with van der Waals surface area (Å²) in [6, 6.07) is 2.00. The maximum Gasteiger partial charge on any atom is 0.160 e. The van der Waals surface area contributed by atoms with Gasteiger partial charge in [-0.3, -0.25) is 4.79 Å². The summed E-state index contributed by atoms with van der Waals surface area (Å²) < 4.78 is 0. The summed E-state index contributed by atoms with van der Waals surface area (Å²) in [7, 11) is 0. The Morgan fingerprint density at radius 1 is 1.64 bits per heavy atom. The second-order valence-electron chi connectivity index (χ2n) is 2.60. The van der Waals surface area contributed by atoms with Gasteiger partial charge in [0.15, 0.2) is 6.29 Å². The Morgan fingerprint density at radius 3 is 2.82 bits per heavy atom. The Balaban J connectivity index is 2.87. The summed E-state index contributed by atoms with van der Waals surface area (Å²) in [5.74, 6) is 0. The van der Waals surface area contributed by atoms with E-state index in [9.17, 15) is 4.79 Å². The van der Waals surface area contributed by atoms with Crippen LogP contribution in [0.2, 0.25) is 0 Å². The molecule has 0 fully saturated rings. The van der Waals surface area contributed by atoms with Crippen LogP contribution in [0.4, 0.5) is 0 Å². The largest absolute Gasteiger partial charge is 0.297 e. The van der Waals surface area contributed by atoms with Crippen molar-refractivity contribution in [2.24, 2.45) is 0 Å². The Kier molecular flexibility index (Phi) is 2.83. The molecule has 0 aliphatic heterocycles. The number of aryl methyl sites for hydroxylation is 2. The second-order valence-corrected chi connectivity index (χ2v) is 3.89. The fourth-order valence-corrected chi connectivity index (χ4v) is 2.02. The van der Waals surface area contributed by atoms with E-state index in [0.29, 0.717) is 0 Å². The lowest BCUT2D eigenvalue weighted by Crippen LogP contribution is -1.80. The number of aldehydes is 1. The molecule has 1 heterocycles. The summed E-state index contributed by atoms with van der Waals surface area (Å²) in [4.78, 5) is 12.5. The van der Waals surface area contributed by atoms with Crippen molar-refractivity contribution in [1.29, 1.82) is 0 Å². The molecule has 0 N–H and O–H groups in total. The van der Waals surface area contributed by atoms with Crippen LogP contribution >= 0.6 is 11.3 Å². The lowest BCUT2D eigenvalue weighted by molar-refractivity contribution is 0.112. The Hall–Kier alpha value is -0.630. The molecule has 0 unspecified atom stereocenters. The molecule has 0 aliphatic rings. The molecule has 0 aliphatic carbocycles. The number of rotatable bonds is 3. The number of hydrogen-bond acceptors (Lipinski definition) is 2. The maximum atomic E-state index is 10.4. The van der Waals surface area contributed by atoms with Gasteiger partial charge in [0.2, 0.25) is 0 Å². The Bertz CT molecular complexity index is 250. The van der Waals surface area contributed by atoms with Gasteiger partial charge >= 0.3 is 0 Å². The predicted octanol–water partition coefficient (Wildman–Crippen LogP) is 2.82. The molecule has 1 aromatic rings. The van der Waals surface area contributed by atoms with Crippen LogP contribution in [0.15, 0.2) is 6.07 Å². The zero-order valence-electron chi connectivity index (χ0n) is 6.89. The van der Waals surface area contributed by atoms with Gasteiger partial charge < -0.3 is 0 Å². The standard InChI is InChI=1S/C9H12OS/c1-3-4-8-5-9(6-10)11-7(8)2/h5-6H,3-4H2,1-2H3. The maximum absolute atomic E-state index is 10.4. The molecule has 0 aromatic carbocycles. The highest BCUT2D eigenvalue weighted by molar-refractivity contribution is 7.13. The summed E-state index contributed by atoms with van der Waals surface area (Å²) in [5.41, 5.74) is 1.33. The van der Waals surface area contributed by atoms with Crippen molar-refractivity contribution in [2.75, 3.05) is 0 Å². The zero-order valence-corrected chi connectivity index (χ0v) is 7.70. The van der Waals surface area contributed by atoms with Gasteiger partial charge in [0, 0.05) is 4.88 Å². The van der Waals surface area contributed by atoms with Crippen molar-refractivity contribution in [3.8, 4) is 0 Å². The van der Waals surface area contributed by atoms with Crippen LogP contribution in [0, 0.1) is 6.92 Å². The Labute approximate surface area is 71.1 Å². The summed E-state index contributed by atoms with van der Waals surface area (Å²) in [6.45, 7) is 4.22. The molecular weight excluding hydrogens is 156 g/mol. The molecule has 0 saturated heterocycles. The van der Waals surface area contributed by atoms with Gasteiger partial charge in [0.1, 0.15) is 0 Å². The lowest BCUT2D eigenvalue weighted by Gasteiger charge is -1.92. The third kappa shape index (κ3) is 1.90.